The molecule has 1 unspecified atom stereocenters. The Balaban J connectivity index is 4.00. The third-order valence-electron chi connectivity index (χ3n) is 1.94. The van der Waals surface area contributed by atoms with Crippen molar-refractivity contribution in [3.63, 3.8) is 0 Å². The van der Waals surface area contributed by atoms with Crippen LogP contribution in [0.5, 0.6) is 0 Å². The van der Waals surface area contributed by atoms with Crippen LogP contribution < -0.4 is 5.32 Å². The molecule has 0 amide bonds. The van der Waals surface area contributed by atoms with Gasteiger partial charge in [-0.25, -0.2) is 4.39 Å². The molecule has 1 nitrogen and oxygen atoms in total. The summed E-state index contributed by atoms with van der Waals surface area (Å²) in [5.41, 5.74) is 0.853. The van der Waals surface area contributed by atoms with Gasteiger partial charge in [-0.1, -0.05) is 25.2 Å². The van der Waals surface area contributed by atoms with Crippen molar-refractivity contribution in [1.29, 1.82) is 0 Å². The summed E-state index contributed by atoms with van der Waals surface area (Å²) in [6, 6.07) is 0.344. The Labute approximate surface area is 80.7 Å². The summed E-state index contributed by atoms with van der Waals surface area (Å²) >= 11 is 0. The summed E-state index contributed by atoms with van der Waals surface area (Å²) in [5.74, 6) is 0. The molecule has 0 aromatic rings. The fourth-order valence-electron chi connectivity index (χ4n) is 1.00. The first-order chi connectivity index (χ1) is 6.24. The highest BCUT2D eigenvalue weighted by Gasteiger charge is 2.01. The van der Waals surface area contributed by atoms with Gasteiger partial charge in [0, 0.05) is 6.04 Å². The minimum atomic E-state index is -0.347. The molecule has 0 radical (unpaired) electrons. The van der Waals surface area contributed by atoms with Crippen molar-refractivity contribution in [3.8, 4) is 0 Å². The van der Waals surface area contributed by atoms with Crippen molar-refractivity contribution in [1.82, 2.24) is 5.32 Å². The molecule has 0 heterocycles. The number of hydrogen-bond acceptors (Lipinski definition) is 1. The topological polar surface area (TPSA) is 12.0 Å². The van der Waals surface area contributed by atoms with E-state index >= 15 is 0 Å². The summed E-state index contributed by atoms with van der Waals surface area (Å²) in [6.07, 6.45) is 7.60. The second kappa shape index (κ2) is 7.99. The van der Waals surface area contributed by atoms with E-state index in [0.29, 0.717) is 6.04 Å². The Morgan fingerprint density at radius 3 is 2.69 bits per heavy atom. The van der Waals surface area contributed by atoms with Gasteiger partial charge in [0.2, 0.25) is 0 Å². The van der Waals surface area contributed by atoms with Crippen LogP contribution in [0.25, 0.3) is 0 Å². The zero-order valence-electron chi connectivity index (χ0n) is 8.81. The molecular weight excluding hydrogens is 165 g/mol. The third kappa shape index (κ3) is 6.52. The number of hydrogen-bond donors (Lipinski definition) is 1. The maximum Gasteiger partial charge on any atom is 0.111 e. The molecule has 2 heteroatoms. The van der Waals surface area contributed by atoms with E-state index in [2.05, 4.69) is 12.2 Å². The van der Waals surface area contributed by atoms with E-state index in [4.69, 9.17) is 0 Å². The lowest BCUT2D eigenvalue weighted by Crippen LogP contribution is -2.21. The van der Waals surface area contributed by atoms with Crippen LogP contribution in [0.2, 0.25) is 0 Å². The predicted molar refractivity (Wildman–Crippen MR) is 56.6 cm³/mol. The van der Waals surface area contributed by atoms with Gasteiger partial charge in [-0.05, 0) is 32.4 Å². The molecule has 1 atom stereocenters. The quantitative estimate of drug-likeness (QED) is 0.627. The van der Waals surface area contributed by atoms with E-state index in [1.54, 1.807) is 0 Å². The molecular formula is C11H20FN. The second-order valence-electron chi connectivity index (χ2n) is 3.19. The van der Waals surface area contributed by atoms with Gasteiger partial charge in [0.05, 0.1) is 0 Å². The highest BCUT2D eigenvalue weighted by molar-refractivity contribution is 5.13. The van der Waals surface area contributed by atoms with E-state index in [-0.39, 0.29) is 6.67 Å². The van der Waals surface area contributed by atoms with Gasteiger partial charge in [0.15, 0.2) is 0 Å². The predicted octanol–water partition coefficient (Wildman–Crippen LogP) is 2.85. The molecule has 0 spiro atoms. The summed E-state index contributed by atoms with van der Waals surface area (Å²) in [6.45, 7) is 3.77. The maximum absolute atomic E-state index is 12.5. The first-order valence-electron chi connectivity index (χ1n) is 4.82. The summed E-state index contributed by atoms with van der Waals surface area (Å²) in [5, 5.41) is 3.09. The highest BCUT2D eigenvalue weighted by Crippen LogP contribution is 2.06. The van der Waals surface area contributed by atoms with E-state index in [1.807, 2.05) is 32.2 Å². The smallest absolute Gasteiger partial charge is 0.111 e. The molecule has 0 aromatic heterocycles. The van der Waals surface area contributed by atoms with Gasteiger partial charge in [-0.3, -0.25) is 0 Å². The van der Waals surface area contributed by atoms with Gasteiger partial charge in [0.1, 0.15) is 6.67 Å². The van der Waals surface area contributed by atoms with Gasteiger partial charge < -0.3 is 5.32 Å². The molecule has 0 saturated heterocycles. The summed E-state index contributed by atoms with van der Waals surface area (Å²) in [7, 11) is 1.89. The van der Waals surface area contributed by atoms with Gasteiger partial charge in [0.25, 0.3) is 0 Å². The van der Waals surface area contributed by atoms with Crippen LogP contribution >= 0.6 is 0 Å². The van der Waals surface area contributed by atoms with Crippen LogP contribution in [-0.2, 0) is 0 Å². The lowest BCUT2D eigenvalue weighted by atomic mass is 10.1. The molecule has 0 aliphatic heterocycles. The fourth-order valence-corrected chi connectivity index (χ4v) is 1.00. The van der Waals surface area contributed by atoms with Crippen LogP contribution in [0.1, 0.15) is 26.7 Å². The van der Waals surface area contributed by atoms with Crippen LogP contribution in [0.15, 0.2) is 23.8 Å². The van der Waals surface area contributed by atoms with Crippen molar-refractivity contribution >= 4 is 0 Å². The Kier molecular flexibility index (Phi) is 7.60. The lowest BCUT2D eigenvalue weighted by Gasteiger charge is -2.10. The molecule has 0 aromatic carbocycles. The Bertz CT molecular complexity index is 173. The number of alkyl halides is 1. The zero-order chi connectivity index (χ0) is 10.1. The lowest BCUT2D eigenvalue weighted by molar-refractivity contribution is 0.506. The zero-order valence-corrected chi connectivity index (χ0v) is 8.81. The number of rotatable bonds is 6. The van der Waals surface area contributed by atoms with E-state index in [1.165, 1.54) is 0 Å². The van der Waals surface area contributed by atoms with Crippen molar-refractivity contribution in [3.05, 3.63) is 23.8 Å². The monoisotopic (exact) mass is 185 g/mol. The maximum atomic E-state index is 12.5. The average Bonchev–Trinajstić information content (AvgIpc) is 2.16. The largest absolute Gasteiger partial charge is 0.317 e. The fraction of sp³-hybridized carbons (Fsp3) is 0.636. The Hall–Kier alpha value is -0.630. The summed E-state index contributed by atoms with van der Waals surface area (Å²) < 4.78 is 12.5. The molecule has 0 bridgehead atoms. The van der Waals surface area contributed by atoms with Crippen LogP contribution in [0, 0.1) is 0 Å². The van der Waals surface area contributed by atoms with Crippen molar-refractivity contribution in [2.24, 2.45) is 0 Å². The Morgan fingerprint density at radius 2 is 2.23 bits per heavy atom. The minimum Gasteiger partial charge on any atom is -0.317 e. The molecule has 13 heavy (non-hydrogen) atoms. The molecule has 1 N–H and O–H groups in total. The second-order valence-corrected chi connectivity index (χ2v) is 3.19. The molecule has 0 rings (SSSR count). The molecule has 0 aliphatic carbocycles. The number of allylic oxidation sites excluding steroid dienone is 3. The van der Waals surface area contributed by atoms with Crippen molar-refractivity contribution < 1.29 is 4.39 Å². The average molecular weight is 185 g/mol. The van der Waals surface area contributed by atoms with Crippen LogP contribution in [0.4, 0.5) is 4.39 Å². The SMILES string of the molecule is CC/C=C\C=C(/CF)CC(C)NC. The Morgan fingerprint density at radius 1 is 1.54 bits per heavy atom. The standard InChI is InChI=1S/C11H20FN/c1-4-5-6-7-11(9-12)8-10(2)13-3/h5-7,10,13H,4,8-9H2,1-3H3/b6-5-,11-7-. The van der Waals surface area contributed by atoms with Crippen LogP contribution in [-0.4, -0.2) is 19.8 Å². The first-order valence-corrected chi connectivity index (χ1v) is 4.82. The van der Waals surface area contributed by atoms with E-state index < -0.39 is 0 Å². The highest BCUT2D eigenvalue weighted by atomic mass is 19.1. The van der Waals surface area contributed by atoms with Gasteiger partial charge in [-0.2, -0.15) is 0 Å². The third-order valence-corrected chi connectivity index (χ3v) is 1.94. The molecule has 0 saturated carbocycles. The number of nitrogens with one attached hydrogen (secondary N) is 1. The first kappa shape index (κ1) is 12.4. The molecule has 0 fully saturated rings. The summed E-state index contributed by atoms with van der Waals surface area (Å²) in [4.78, 5) is 0. The van der Waals surface area contributed by atoms with Gasteiger partial charge in [-0.15, -0.1) is 0 Å². The molecule has 0 aliphatic rings. The van der Waals surface area contributed by atoms with Crippen molar-refractivity contribution in [2.45, 2.75) is 32.7 Å². The van der Waals surface area contributed by atoms with E-state index in [9.17, 15) is 4.39 Å². The van der Waals surface area contributed by atoms with Crippen LogP contribution in [0.3, 0.4) is 0 Å². The number of halogens is 1. The molecule has 76 valence electrons. The minimum absolute atomic E-state index is 0.344. The van der Waals surface area contributed by atoms with Crippen molar-refractivity contribution in [2.75, 3.05) is 13.7 Å². The van der Waals surface area contributed by atoms with Gasteiger partial charge >= 0.3 is 0 Å². The normalized spacial score (nSPS) is 15.2. The van der Waals surface area contributed by atoms with E-state index in [0.717, 1.165) is 18.4 Å².